The van der Waals surface area contributed by atoms with Crippen LogP contribution < -0.4 is 10.6 Å². The monoisotopic (exact) mass is 289 g/mol. The summed E-state index contributed by atoms with van der Waals surface area (Å²) >= 11 is 5.80. The summed E-state index contributed by atoms with van der Waals surface area (Å²) in [5.41, 5.74) is 1.19. The Morgan fingerprint density at radius 2 is 1.70 bits per heavy atom. The number of nitrogens with zero attached hydrogens (tertiary/aromatic N) is 1. The van der Waals surface area contributed by atoms with Crippen molar-refractivity contribution in [3.05, 3.63) is 59.4 Å². The van der Waals surface area contributed by atoms with Crippen molar-refractivity contribution in [2.24, 2.45) is 0 Å². The van der Waals surface area contributed by atoms with Gasteiger partial charge >= 0.3 is 6.03 Å². The molecule has 1 heterocycles. The van der Waals surface area contributed by atoms with Crippen LogP contribution in [0.25, 0.3) is 0 Å². The van der Waals surface area contributed by atoms with Crippen LogP contribution in [-0.4, -0.2) is 11.0 Å². The third-order valence-electron chi connectivity index (χ3n) is 2.93. The van der Waals surface area contributed by atoms with Crippen molar-refractivity contribution in [3.8, 4) is 0 Å². The number of pyridine rings is 1. The Balaban J connectivity index is 2.02. The first-order chi connectivity index (χ1) is 9.47. The zero-order valence-electron chi connectivity index (χ0n) is 11.4. The lowest BCUT2D eigenvalue weighted by Gasteiger charge is -2.26. The third kappa shape index (κ3) is 3.71. The van der Waals surface area contributed by atoms with Crippen LogP contribution >= 0.6 is 11.6 Å². The summed E-state index contributed by atoms with van der Waals surface area (Å²) in [6.07, 6.45) is 3.41. The van der Waals surface area contributed by atoms with E-state index in [0.29, 0.717) is 10.7 Å². The van der Waals surface area contributed by atoms with E-state index in [-0.39, 0.29) is 6.03 Å². The predicted molar refractivity (Wildman–Crippen MR) is 80.9 cm³/mol. The number of rotatable bonds is 3. The van der Waals surface area contributed by atoms with Gasteiger partial charge in [-0.2, -0.15) is 0 Å². The summed E-state index contributed by atoms with van der Waals surface area (Å²) in [7, 11) is 0. The molecule has 0 aliphatic rings. The number of hydrogen-bond acceptors (Lipinski definition) is 2. The molecular weight excluding hydrogens is 274 g/mol. The summed E-state index contributed by atoms with van der Waals surface area (Å²) in [6.45, 7) is 3.87. The maximum atomic E-state index is 12.0. The van der Waals surface area contributed by atoms with Crippen molar-refractivity contribution >= 4 is 23.3 Å². The topological polar surface area (TPSA) is 54.0 Å². The summed E-state index contributed by atoms with van der Waals surface area (Å²) in [6, 6.07) is 10.4. The molecule has 0 spiro atoms. The van der Waals surface area contributed by atoms with E-state index in [1.165, 1.54) is 0 Å². The maximum absolute atomic E-state index is 12.0. The number of aromatic nitrogens is 1. The Kier molecular flexibility index (Phi) is 4.25. The number of halogens is 1. The zero-order chi connectivity index (χ0) is 14.6. The minimum absolute atomic E-state index is 0.269. The van der Waals surface area contributed by atoms with E-state index in [1.807, 2.05) is 26.0 Å². The molecule has 0 bridgehead atoms. The minimum atomic E-state index is -0.487. The van der Waals surface area contributed by atoms with Gasteiger partial charge in [0.1, 0.15) is 0 Å². The van der Waals surface area contributed by atoms with Gasteiger partial charge in [0.25, 0.3) is 0 Å². The van der Waals surface area contributed by atoms with Crippen LogP contribution in [0.2, 0.25) is 5.02 Å². The largest absolute Gasteiger partial charge is 0.329 e. The molecule has 0 radical (unpaired) electrons. The Labute approximate surface area is 123 Å². The van der Waals surface area contributed by atoms with Crippen molar-refractivity contribution in [2.45, 2.75) is 19.4 Å². The van der Waals surface area contributed by atoms with Gasteiger partial charge in [-0.3, -0.25) is 4.98 Å². The molecule has 4 nitrogen and oxygen atoms in total. The highest BCUT2D eigenvalue weighted by Gasteiger charge is 2.22. The third-order valence-corrected chi connectivity index (χ3v) is 3.18. The fourth-order valence-electron chi connectivity index (χ4n) is 1.82. The molecule has 0 saturated heterocycles. The van der Waals surface area contributed by atoms with Crippen LogP contribution in [0.1, 0.15) is 19.4 Å². The van der Waals surface area contributed by atoms with Crippen LogP contribution in [0.3, 0.4) is 0 Å². The number of hydrogen-bond donors (Lipinski definition) is 2. The Hall–Kier alpha value is -2.07. The average molecular weight is 290 g/mol. The van der Waals surface area contributed by atoms with Crippen molar-refractivity contribution in [2.75, 3.05) is 5.32 Å². The first-order valence-electron chi connectivity index (χ1n) is 6.22. The van der Waals surface area contributed by atoms with E-state index in [1.54, 1.807) is 36.7 Å². The van der Waals surface area contributed by atoms with Crippen LogP contribution in [0.5, 0.6) is 0 Å². The normalized spacial score (nSPS) is 10.9. The Morgan fingerprint density at radius 3 is 2.30 bits per heavy atom. The van der Waals surface area contributed by atoms with Gasteiger partial charge < -0.3 is 10.6 Å². The second-order valence-electron chi connectivity index (χ2n) is 4.95. The van der Waals surface area contributed by atoms with Crippen LogP contribution in [0.4, 0.5) is 10.5 Å². The molecule has 20 heavy (non-hydrogen) atoms. The number of urea groups is 1. The highest BCUT2D eigenvalue weighted by atomic mass is 35.5. The summed E-state index contributed by atoms with van der Waals surface area (Å²) in [4.78, 5) is 16.0. The van der Waals surface area contributed by atoms with Gasteiger partial charge in [-0.25, -0.2) is 4.79 Å². The molecule has 2 aromatic rings. The zero-order valence-corrected chi connectivity index (χ0v) is 12.1. The second-order valence-corrected chi connectivity index (χ2v) is 5.38. The molecule has 0 saturated carbocycles. The number of nitrogens with one attached hydrogen (secondary N) is 2. The Morgan fingerprint density at radius 1 is 1.10 bits per heavy atom. The quantitative estimate of drug-likeness (QED) is 0.903. The number of amides is 2. The number of anilines is 1. The molecule has 2 amide bonds. The van der Waals surface area contributed by atoms with E-state index >= 15 is 0 Å². The van der Waals surface area contributed by atoms with E-state index in [4.69, 9.17) is 11.6 Å². The molecule has 0 unspecified atom stereocenters. The summed E-state index contributed by atoms with van der Waals surface area (Å²) in [5.74, 6) is 0. The molecule has 104 valence electrons. The predicted octanol–water partition coefficient (Wildman–Crippen LogP) is 3.79. The van der Waals surface area contributed by atoms with E-state index < -0.39 is 5.54 Å². The van der Waals surface area contributed by atoms with Crippen LogP contribution in [0.15, 0.2) is 48.8 Å². The van der Waals surface area contributed by atoms with E-state index in [9.17, 15) is 4.79 Å². The molecule has 0 aliphatic heterocycles. The van der Waals surface area contributed by atoms with Gasteiger partial charge in [-0.1, -0.05) is 11.6 Å². The first-order valence-corrected chi connectivity index (χ1v) is 6.60. The average Bonchev–Trinajstić information content (AvgIpc) is 2.42. The number of benzene rings is 1. The molecular formula is C15H16ClN3O. The highest BCUT2D eigenvalue weighted by Crippen LogP contribution is 2.19. The fourth-order valence-corrected chi connectivity index (χ4v) is 1.95. The lowest BCUT2D eigenvalue weighted by molar-refractivity contribution is 0.242. The van der Waals surface area contributed by atoms with Crippen LogP contribution in [0, 0.1) is 0 Å². The molecule has 2 N–H and O–H groups in total. The van der Waals surface area contributed by atoms with Gasteiger partial charge in [-0.05, 0) is 55.8 Å². The van der Waals surface area contributed by atoms with Gasteiger partial charge in [0, 0.05) is 23.1 Å². The standard InChI is InChI=1S/C15H16ClN3O/c1-15(2,11-7-9-17-10-8-11)19-14(20)18-13-5-3-12(16)4-6-13/h3-10H,1-2H3,(H2,18,19,20). The van der Waals surface area contributed by atoms with Crippen LogP contribution in [-0.2, 0) is 5.54 Å². The van der Waals surface area contributed by atoms with Gasteiger partial charge in [0.15, 0.2) is 0 Å². The molecule has 0 fully saturated rings. The molecule has 1 aromatic carbocycles. The van der Waals surface area contributed by atoms with Crippen molar-refractivity contribution in [1.82, 2.24) is 10.3 Å². The number of carbonyl (C=O) groups is 1. The van der Waals surface area contributed by atoms with Gasteiger partial charge in [0.2, 0.25) is 0 Å². The van der Waals surface area contributed by atoms with Gasteiger partial charge in [0.05, 0.1) is 5.54 Å². The maximum Gasteiger partial charge on any atom is 0.319 e. The smallest absolute Gasteiger partial charge is 0.319 e. The van der Waals surface area contributed by atoms with E-state index in [2.05, 4.69) is 15.6 Å². The lowest BCUT2D eigenvalue weighted by Crippen LogP contribution is -2.43. The number of carbonyl (C=O) groups excluding carboxylic acids is 1. The molecule has 0 atom stereocenters. The molecule has 5 heteroatoms. The fraction of sp³-hybridized carbons (Fsp3) is 0.200. The van der Waals surface area contributed by atoms with Crippen molar-refractivity contribution in [3.63, 3.8) is 0 Å². The SMILES string of the molecule is CC(C)(NC(=O)Nc1ccc(Cl)cc1)c1ccncc1. The molecule has 1 aromatic heterocycles. The Bertz CT molecular complexity index is 582. The van der Waals surface area contributed by atoms with Crippen molar-refractivity contribution in [1.29, 1.82) is 0 Å². The van der Waals surface area contributed by atoms with Crippen molar-refractivity contribution < 1.29 is 4.79 Å². The minimum Gasteiger partial charge on any atom is -0.329 e. The first kappa shape index (κ1) is 14.3. The summed E-state index contributed by atoms with van der Waals surface area (Å²) in [5, 5.41) is 6.33. The molecule has 0 aliphatic carbocycles. The highest BCUT2D eigenvalue weighted by molar-refractivity contribution is 6.30. The second kappa shape index (κ2) is 5.92. The lowest BCUT2D eigenvalue weighted by atomic mass is 9.96. The van der Waals surface area contributed by atoms with E-state index in [0.717, 1.165) is 5.56 Å². The summed E-state index contributed by atoms with van der Waals surface area (Å²) < 4.78 is 0. The molecule has 2 rings (SSSR count). The van der Waals surface area contributed by atoms with Gasteiger partial charge in [-0.15, -0.1) is 0 Å².